The summed E-state index contributed by atoms with van der Waals surface area (Å²) < 4.78 is 0. The Bertz CT molecular complexity index is 596. The molecule has 0 bridgehead atoms. The molecule has 6 heteroatoms. The molecule has 1 heterocycles. The molecule has 0 aromatic heterocycles. The van der Waals surface area contributed by atoms with Gasteiger partial charge >= 0.3 is 0 Å². The van der Waals surface area contributed by atoms with Crippen molar-refractivity contribution in [1.29, 1.82) is 0 Å². The molecule has 19 heavy (non-hydrogen) atoms. The van der Waals surface area contributed by atoms with Crippen LogP contribution in [0.3, 0.4) is 0 Å². The van der Waals surface area contributed by atoms with Crippen LogP contribution in [0, 0.1) is 22.5 Å². The zero-order valence-corrected chi connectivity index (χ0v) is 11.0. The van der Waals surface area contributed by atoms with E-state index in [9.17, 15) is 19.7 Å². The van der Waals surface area contributed by atoms with Crippen LogP contribution in [0.4, 0.5) is 5.69 Å². The van der Waals surface area contributed by atoms with Gasteiger partial charge < -0.3 is 4.90 Å². The molecular weight excluding hydrogens is 248 g/mol. The summed E-state index contributed by atoms with van der Waals surface area (Å²) in [5, 5.41) is 10.7. The summed E-state index contributed by atoms with van der Waals surface area (Å²) in [5.74, 6) is -1.02. The maximum atomic E-state index is 12.4. The van der Waals surface area contributed by atoms with E-state index in [0.717, 1.165) is 5.56 Å². The molecule has 0 spiro atoms. The second kappa shape index (κ2) is 4.15. The first-order chi connectivity index (χ1) is 8.77. The van der Waals surface area contributed by atoms with E-state index in [1.165, 1.54) is 18.9 Å². The van der Waals surface area contributed by atoms with Crippen LogP contribution >= 0.6 is 0 Å². The minimum Gasteiger partial charge on any atom is -0.314 e. The maximum absolute atomic E-state index is 12.4. The highest BCUT2D eigenvalue weighted by molar-refractivity contribution is 6.24. The van der Waals surface area contributed by atoms with Crippen LogP contribution in [0.15, 0.2) is 18.2 Å². The van der Waals surface area contributed by atoms with Gasteiger partial charge in [-0.25, -0.2) is 0 Å². The Kier molecular flexibility index (Phi) is 2.88. The van der Waals surface area contributed by atoms with Crippen LogP contribution in [0.2, 0.25) is 0 Å². The highest BCUT2D eigenvalue weighted by Gasteiger charge is 2.52. The first-order valence-electron chi connectivity index (χ1n) is 5.83. The average Bonchev–Trinajstić information content (AvgIpc) is 2.33. The molecular formula is C13H14N2O4. The van der Waals surface area contributed by atoms with Crippen LogP contribution in [-0.2, 0) is 4.79 Å². The smallest absolute Gasteiger partial charge is 0.247 e. The van der Waals surface area contributed by atoms with Crippen molar-refractivity contribution in [3.63, 3.8) is 0 Å². The lowest BCUT2D eigenvalue weighted by Crippen LogP contribution is -2.53. The number of carbonyl (C=O) groups excluding carboxylic acids is 2. The molecule has 0 fully saturated rings. The van der Waals surface area contributed by atoms with Crippen molar-refractivity contribution in [3.05, 3.63) is 39.4 Å². The third-order valence-corrected chi connectivity index (χ3v) is 3.48. The van der Waals surface area contributed by atoms with Gasteiger partial charge in [0.2, 0.25) is 12.5 Å². The molecule has 0 saturated carbocycles. The van der Waals surface area contributed by atoms with Crippen LogP contribution in [0.25, 0.3) is 0 Å². The molecule has 0 radical (unpaired) electrons. The molecule has 100 valence electrons. The van der Waals surface area contributed by atoms with Gasteiger partial charge in [0.1, 0.15) is 0 Å². The number of nitrogens with zero attached hydrogens (tertiary/aromatic N) is 2. The SMILES string of the molecule is Cc1ccc2c(c1)N(C)C(=O)[C@](C)(C[N+](=O)[O-])C2=O. The van der Waals surface area contributed by atoms with Crippen LogP contribution in [0.1, 0.15) is 22.8 Å². The highest BCUT2D eigenvalue weighted by atomic mass is 16.6. The van der Waals surface area contributed by atoms with E-state index < -0.39 is 28.6 Å². The normalized spacial score (nSPS) is 22.4. The van der Waals surface area contributed by atoms with E-state index in [-0.39, 0.29) is 0 Å². The zero-order chi connectivity index (χ0) is 14.4. The minimum atomic E-state index is -1.62. The second-order valence-electron chi connectivity index (χ2n) is 5.04. The quantitative estimate of drug-likeness (QED) is 0.459. The summed E-state index contributed by atoms with van der Waals surface area (Å²) in [6.45, 7) is 2.50. The van der Waals surface area contributed by atoms with Crippen molar-refractivity contribution in [3.8, 4) is 0 Å². The summed E-state index contributed by atoms with van der Waals surface area (Å²) in [5.41, 5.74) is 0.164. The predicted octanol–water partition coefficient (Wildman–Crippen LogP) is 1.44. The molecule has 0 saturated heterocycles. The number of benzene rings is 1. The Hall–Kier alpha value is -2.24. The number of Topliss-reactive ketones (excluding diaryl/α,β-unsaturated/α-hetero) is 1. The van der Waals surface area contributed by atoms with Crippen LogP contribution in [0.5, 0.6) is 0 Å². The summed E-state index contributed by atoms with van der Waals surface area (Å²) in [6.07, 6.45) is 0. The van der Waals surface area contributed by atoms with E-state index in [4.69, 9.17) is 0 Å². The molecule has 6 nitrogen and oxygen atoms in total. The van der Waals surface area contributed by atoms with Crippen molar-refractivity contribution < 1.29 is 14.5 Å². The van der Waals surface area contributed by atoms with Gasteiger partial charge in [0.15, 0.2) is 11.2 Å². The number of carbonyl (C=O) groups is 2. The monoisotopic (exact) mass is 262 g/mol. The number of hydrogen-bond acceptors (Lipinski definition) is 4. The number of fused-ring (bicyclic) bond motifs is 1. The van der Waals surface area contributed by atoms with E-state index in [0.29, 0.717) is 11.3 Å². The third-order valence-electron chi connectivity index (χ3n) is 3.48. The Labute approximate surface area is 110 Å². The molecule has 1 aliphatic rings. The molecule has 1 aromatic rings. The van der Waals surface area contributed by atoms with Crippen LogP contribution < -0.4 is 4.90 Å². The molecule has 1 aliphatic heterocycles. The average molecular weight is 262 g/mol. The van der Waals surface area contributed by atoms with Crippen molar-refractivity contribution >= 4 is 17.4 Å². The van der Waals surface area contributed by atoms with Gasteiger partial charge in [0, 0.05) is 17.5 Å². The summed E-state index contributed by atoms with van der Waals surface area (Å²) in [4.78, 5) is 36.1. The first kappa shape index (κ1) is 13.2. The van der Waals surface area contributed by atoms with Crippen molar-refractivity contribution in [2.45, 2.75) is 13.8 Å². The van der Waals surface area contributed by atoms with Crippen molar-refractivity contribution in [1.82, 2.24) is 0 Å². The Morgan fingerprint density at radius 1 is 1.37 bits per heavy atom. The van der Waals surface area contributed by atoms with Gasteiger partial charge in [-0.2, -0.15) is 0 Å². The first-order valence-corrected chi connectivity index (χ1v) is 5.83. The van der Waals surface area contributed by atoms with E-state index >= 15 is 0 Å². The third kappa shape index (κ3) is 1.89. The number of hydrogen-bond donors (Lipinski definition) is 0. The molecule has 0 aliphatic carbocycles. The zero-order valence-electron chi connectivity index (χ0n) is 11.0. The van der Waals surface area contributed by atoms with Gasteiger partial charge in [0.05, 0.1) is 5.69 Å². The molecule has 1 amide bonds. The molecule has 0 unspecified atom stereocenters. The van der Waals surface area contributed by atoms with E-state index in [1.807, 2.05) is 6.92 Å². The molecule has 2 rings (SSSR count). The summed E-state index contributed by atoms with van der Waals surface area (Å²) >= 11 is 0. The lowest BCUT2D eigenvalue weighted by atomic mass is 9.77. The summed E-state index contributed by atoms with van der Waals surface area (Å²) in [7, 11) is 1.53. The highest BCUT2D eigenvalue weighted by Crippen LogP contribution is 2.37. The fourth-order valence-corrected chi connectivity index (χ4v) is 2.38. The van der Waals surface area contributed by atoms with Gasteiger partial charge in [-0.15, -0.1) is 0 Å². The number of rotatable bonds is 2. The molecule has 1 aromatic carbocycles. The number of anilines is 1. The second-order valence-corrected chi connectivity index (χ2v) is 5.04. The van der Waals surface area contributed by atoms with Crippen molar-refractivity contribution in [2.75, 3.05) is 18.5 Å². The topological polar surface area (TPSA) is 80.5 Å². The predicted molar refractivity (Wildman–Crippen MR) is 68.9 cm³/mol. The van der Waals surface area contributed by atoms with Crippen LogP contribution in [-0.4, -0.2) is 30.2 Å². The number of ketones is 1. The Morgan fingerprint density at radius 3 is 2.58 bits per heavy atom. The Balaban J connectivity index is 2.61. The van der Waals surface area contributed by atoms with Gasteiger partial charge in [-0.05, 0) is 31.5 Å². The van der Waals surface area contributed by atoms with Gasteiger partial charge in [-0.1, -0.05) is 6.07 Å². The van der Waals surface area contributed by atoms with Crippen molar-refractivity contribution in [2.24, 2.45) is 5.41 Å². The van der Waals surface area contributed by atoms with E-state index in [2.05, 4.69) is 0 Å². The molecule has 1 atom stereocenters. The lowest BCUT2D eigenvalue weighted by Gasteiger charge is -2.35. The fourth-order valence-electron chi connectivity index (χ4n) is 2.38. The maximum Gasteiger partial charge on any atom is 0.247 e. The number of amides is 1. The fraction of sp³-hybridized carbons (Fsp3) is 0.385. The molecule has 0 N–H and O–H groups in total. The summed E-state index contributed by atoms with van der Waals surface area (Å²) in [6, 6.07) is 5.11. The van der Waals surface area contributed by atoms with Gasteiger partial charge in [0.25, 0.3) is 0 Å². The number of nitro groups is 1. The minimum absolute atomic E-state index is 0.358. The van der Waals surface area contributed by atoms with E-state index in [1.54, 1.807) is 18.2 Å². The Morgan fingerprint density at radius 2 is 2.00 bits per heavy atom. The lowest BCUT2D eigenvalue weighted by molar-refractivity contribution is -0.489. The number of aryl methyl sites for hydroxylation is 1. The largest absolute Gasteiger partial charge is 0.314 e. The standard InChI is InChI=1S/C13H14N2O4/c1-8-4-5-9-10(6-8)14(3)12(17)13(2,11(9)16)7-15(18)19/h4-6H,7H2,1-3H3/t13-/m1/s1. The van der Waals surface area contributed by atoms with Gasteiger partial charge in [-0.3, -0.25) is 19.7 Å².